The van der Waals surface area contributed by atoms with Gasteiger partial charge < -0.3 is 15.5 Å². The highest BCUT2D eigenvalue weighted by Gasteiger charge is 2.14. The zero-order valence-electron chi connectivity index (χ0n) is 15.4. The summed E-state index contributed by atoms with van der Waals surface area (Å²) in [6.07, 6.45) is 4.73. The number of amides is 1. The molecule has 1 heterocycles. The first-order chi connectivity index (χ1) is 12.6. The van der Waals surface area contributed by atoms with Crippen molar-refractivity contribution in [2.45, 2.75) is 39.4 Å². The molecule has 0 fully saturated rings. The predicted octanol–water partition coefficient (Wildman–Crippen LogP) is 2.29. The fraction of sp³-hybridized carbons (Fsp3) is 0.350. The van der Waals surface area contributed by atoms with Crippen molar-refractivity contribution in [1.29, 1.82) is 0 Å². The summed E-state index contributed by atoms with van der Waals surface area (Å²) in [5.41, 5.74) is 2.29. The molecule has 2 aromatic rings. The van der Waals surface area contributed by atoms with E-state index >= 15 is 0 Å². The van der Waals surface area contributed by atoms with Gasteiger partial charge in [-0.1, -0.05) is 37.3 Å². The van der Waals surface area contributed by atoms with E-state index in [0.29, 0.717) is 18.2 Å². The zero-order chi connectivity index (χ0) is 18.8. The first-order valence-electron chi connectivity index (χ1n) is 8.89. The van der Waals surface area contributed by atoms with Crippen LogP contribution >= 0.6 is 12.2 Å². The third-order valence-electron chi connectivity index (χ3n) is 4.07. The van der Waals surface area contributed by atoms with E-state index in [4.69, 9.17) is 12.2 Å². The molecule has 5 nitrogen and oxygen atoms in total. The zero-order valence-corrected chi connectivity index (χ0v) is 16.2. The Bertz CT molecular complexity index is 652. The molecule has 0 saturated carbocycles. The van der Waals surface area contributed by atoms with Crippen molar-refractivity contribution in [3.05, 3.63) is 66.0 Å². The normalized spacial score (nSPS) is 11.5. The van der Waals surface area contributed by atoms with Crippen LogP contribution in [0.1, 0.15) is 31.4 Å². The van der Waals surface area contributed by atoms with E-state index in [-0.39, 0.29) is 18.5 Å². The average molecular weight is 372 g/mol. The van der Waals surface area contributed by atoms with Gasteiger partial charge in [0.2, 0.25) is 5.91 Å². The van der Waals surface area contributed by atoms with Gasteiger partial charge in [0.05, 0.1) is 13.1 Å². The highest BCUT2D eigenvalue weighted by Crippen LogP contribution is 2.09. The van der Waals surface area contributed by atoms with E-state index in [1.807, 2.05) is 56.6 Å². The number of aromatic nitrogens is 1. The second kappa shape index (κ2) is 10.5. The summed E-state index contributed by atoms with van der Waals surface area (Å²) >= 11 is 5.56. The van der Waals surface area contributed by atoms with Gasteiger partial charge in [-0.25, -0.2) is 4.98 Å². The molecule has 138 valence electrons. The van der Waals surface area contributed by atoms with Gasteiger partial charge in [0.25, 0.3) is 0 Å². The van der Waals surface area contributed by atoms with Gasteiger partial charge in [-0.15, -0.1) is 0 Å². The number of H-pyrrole nitrogens is 1. The van der Waals surface area contributed by atoms with Crippen molar-refractivity contribution in [3.8, 4) is 0 Å². The number of hydrogen-bond donors (Lipinski definition) is 2. The smallest absolute Gasteiger partial charge is 0.239 e. The van der Waals surface area contributed by atoms with E-state index in [2.05, 4.69) is 32.7 Å². The molecule has 0 aliphatic carbocycles. The SMILES string of the molecule is CCC(C)NC(=O)CNC(=S)N(Cc1ccccc1)Cc1ccc[nH+]c1. The van der Waals surface area contributed by atoms with Crippen molar-refractivity contribution >= 4 is 23.2 Å². The Labute approximate surface area is 160 Å². The molecule has 0 aliphatic heterocycles. The molecule has 3 N–H and O–H groups in total. The third-order valence-corrected chi connectivity index (χ3v) is 4.47. The molecule has 1 amide bonds. The Kier molecular flexibility index (Phi) is 8.02. The van der Waals surface area contributed by atoms with Gasteiger partial charge in [-0.05, 0) is 37.2 Å². The maximum Gasteiger partial charge on any atom is 0.239 e. The lowest BCUT2D eigenvalue weighted by Gasteiger charge is -2.25. The summed E-state index contributed by atoms with van der Waals surface area (Å²) in [4.78, 5) is 17.2. The highest BCUT2D eigenvalue weighted by atomic mass is 32.1. The van der Waals surface area contributed by atoms with Crippen LogP contribution in [0.25, 0.3) is 0 Å². The Morgan fingerprint density at radius 2 is 1.85 bits per heavy atom. The standard InChI is InChI=1S/C20H26N4OS/c1-3-16(2)23-19(25)13-22-20(26)24(14-17-8-5-4-6-9-17)15-18-10-7-11-21-12-18/h4-12,16H,3,13-15H2,1-2H3,(H,22,26)(H,23,25)/p+1. The van der Waals surface area contributed by atoms with Crippen molar-refractivity contribution in [3.63, 3.8) is 0 Å². The molecule has 26 heavy (non-hydrogen) atoms. The van der Waals surface area contributed by atoms with Crippen LogP contribution < -0.4 is 15.6 Å². The van der Waals surface area contributed by atoms with E-state index in [9.17, 15) is 4.79 Å². The molecule has 0 bridgehead atoms. The number of aromatic amines is 1. The fourth-order valence-corrected chi connectivity index (χ4v) is 2.65. The van der Waals surface area contributed by atoms with Crippen LogP contribution in [0.3, 0.4) is 0 Å². The fourth-order valence-electron chi connectivity index (χ4n) is 2.45. The number of carbonyl (C=O) groups is 1. The number of rotatable bonds is 8. The van der Waals surface area contributed by atoms with E-state index in [1.165, 1.54) is 5.56 Å². The van der Waals surface area contributed by atoms with Gasteiger partial charge in [-0.3, -0.25) is 4.79 Å². The Hall–Kier alpha value is -2.47. The topological polar surface area (TPSA) is 58.5 Å². The first-order valence-corrected chi connectivity index (χ1v) is 9.30. The van der Waals surface area contributed by atoms with Crippen molar-refractivity contribution in [2.75, 3.05) is 6.54 Å². The molecule has 1 aromatic heterocycles. The van der Waals surface area contributed by atoms with Crippen LogP contribution in [-0.4, -0.2) is 28.5 Å². The van der Waals surface area contributed by atoms with E-state index in [0.717, 1.165) is 12.0 Å². The van der Waals surface area contributed by atoms with E-state index < -0.39 is 0 Å². The number of benzene rings is 1. The number of nitrogens with one attached hydrogen (secondary N) is 3. The molecule has 0 spiro atoms. The minimum Gasteiger partial charge on any atom is -0.353 e. The quantitative estimate of drug-likeness (QED) is 0.699. The van der Waals surface area contributed by atoms with Crippen LogP contribution in [0.15, 0.2) is 54.9 Å². The van der Waals surface area contributed by atoms with Crippen LogP contribution in [0.4, 0.5) is 0 Å². The lowest BCUT2D eigenvalue weighted by molar-refractivity contribution is -0.378. The first kappa shape index (κ1) is 19.8. The van der Waals surface area contributed by atoms with Gasteiger partial charge in [0.1, 0.15) is 0 Å². The van der Waals surface area contributed by atoms with Crippen molar-refractivity contribution in [1.82, 2.24) is 15.5 Å². The van der Waals surface area contributed by atoms with E-state index in [1.54, 1.807) is 0 Å². The average Bonchev–Trinajstić information content (AvgIpc) is 2.67. The third kappa shape index (κ3) is 6.80. The number of pyridine rings is 1. The number of carbonyl (C=O) groups excluding carboxylic acids is 1. The monoisotopic (exact) mass is 371 g/mol. The summed E-state index contributed by atoms with van der Waals surface area (Å²) < 4.78 is 0. The molecule has 0 radical (unpaired) electrons. The van der Waals surface area contributed by atoms with Crippen LogP contribution in [0, 0.1) is 0 Å². The van der Waals surface area contributed by atoms with Crippen molar-refractivity contribution < 1.29 is 9.78 Å². The summed E-state index contributed by atoms with van der Waals surface area (Å²) in [5, 5.41) is 6.59. The maximum absolute atomic E-state index is 12.0. The van der Waals surface area contributed by atoms with Crippen LogP contribution in [0.5, 0.6) is 0 Å². The molecular weight excluding hydrogens is 344 g/mol. The molecule has 1 aromatic carbocycles. The molecule has 2 rings (SSSR count). The summed E-state index contributed by atoms with van der Waals surface area (Å²) in [5.74, 6) is -0.0468. The molecule has 0 saturated heterocycles. The Morgan fingerprint density at radius 3 is 2.50 bits per heavy atom. The number of nitrogens with zero attached hydrogens (tertiary/aromatic N) is 1. The Balaban J connectivity index is 2.00. The van der Waals surface area contributed by atoms with Gasteiger partial charge in [0.15, 0.2) is 17.5 Å². The largest absolute Gasteiger partial charge is 0.353 e. The van der Waals surface area contributed by atoms with Gasteiger partial charge in [-0.2, -0.15) is 0 Å². The lowest BCUT2D eigenvalue weighted by atomic mass is 10.2. The minimum absolute atomic E-state index is 0.0468. The highest BCUT2D eigenvalue weighted by molar-refractivity contribution is 7.80. The van der Waals surface area contributed by atoms with Crippen LogP contribution in [0.2, 0.25) is 0 Å². The number of thiocarbonyl (C=S) groups is 1. The van der Waals surface area contributed by atoms with Crippen molar-refractivity contribution in [2.24, 2.45) is 0 Å². The lowest BCUT2D eigenvalue weighted by Crippen LogP contribution is -2.45. The molecular formula is C20H27N4OS+. The summed E-state index contributed by atoms with van der Waals surface area (Å²) in [6, 6.07) is 14.3. The maximum atomic E-state index is 12.0. The second-order valence-electron chi connectivity index (χ2n) is 6.29. The molecule has 1 atom stereocenters. The summed E-state index contributed by atoms with van der Waals surface area (Å²) in [7, 11) is 0. The summed E-state index contributed by atoms with van der Waals surface area (Å²) in [6.45, 7) is 5.54. The molecule has 1 unspecified atom stereocenters. The Morgan fingerprint density at radius 1 is 1.15 bits per heavy atom. The number of hydrogen-bond acceptors (Lipinski definition) is 2. The van der Waals surface area contributed by atoms with Crippen LogP contribution in [-0.2, 0) is 17.9 Å². The molecule has 6 heteroatoms. The van der Waals surface area contributed by atoms with Gasteiger partial charge >= 0.3 is 0 Å². The van der Waals surface area contributed by atoms with Gasteiger partial charge in [0, 0.05) is 24.2 Å². The predicted molar refractivity (Wildman–Crippen MR) is 107 cm³/mol. The second-order valence-corrected chi connectivity index (χ2v) is 6.68. The minimum atomic E-state index is -0.0468. The molecule has 0 aliphatic rings.